The summed E-state index contributed by atoms with van der Waals surface area (Å²) in [7, 11) is 0. The number of nitrogens with zero attached hydrogens (tertiary/aromatic N) is 4. The molecule has 0 bridgehead atoms. The number of aromatic nitrogens is 3. The van der Waals surface area contributed by atoms with Gasteiger partial charge >= 0.3 is 0 Å². The van der Waals surface area contributed by atoms with Crippen molar-refractivity contribution in [1.82, 2.24) is 19.9 Å². The maximum absolute atomic E-state index is 5.52. The van der Waals surface area contributed by atoms with Crippen LogP contribution in [0.2, 0.25) is 0 Å². The molecule has 3 aromatic heterocycles. The summed E-state index contributed by atoms with van der Waals surface area (Å²) in [5.74, 6) is 0.951. The molecule has 0 unspecified atom stereocenters. The highest BCUT2D eigenvalue weighted by molar-refractivity contribution is 7.09. The van der Waals surface area contributed by atoms with Crippen LogP contribution in [0.3, 0.4) is 0 Å². The van der Waals surface area contributed by atoms with Gasteiger partial charge in [0.1, 0.15) is 5.76 Å². The van der Waals surface area contributed by atoms with Crippen molar-refractivity contribution in [1.29, 1.82) is 0 Å². The zero-order valence-corrected chi connectivity index (χ0v) is 14.5. The highest BCUT2D eigenvalue weighted by atomic mass is 32.1. The molecule has 0 saturated carbocycles. The molecule has 5 nitrogen and oxygen atoms in total. The van der Waals surface area contributed by atoms with Crippen LogP contribution >= 0.6 is 11.3 Å². The standard InChI is InChI=1S/C19H18N4OS/c1-2-6-17(7-3-1)23-20-12-16(21-23)13-22(14-18-8-4-10-24-18)15-19-9-5-11-25-19/h1-12H,13-15H2. The molecule has 0 aliphatic carbocycles. The molecule has 0 aliphatic heterocycles. The Morgan fingerprint density at radius 1 is 0.960 bits per heavy atom. The molecular weight excluding hydrogens is 332 g/mol. The van der Waals surface area contributed by atoms with Gasteiger partial charge < -0.3 is 4.42 Å². The minimum Gasteiger partial charge on any atom is -0.468 e. The zero-order chi connectivity index (χ0) is 16.9. The van der Waals surface area contributed by atoms with Gasteiger partial charge in [-0.3, -0.25) is 4.90 Å². The van der Waals surface area contributed by atoms with E-state index in [9.17, 15) is 0 Å². The lowest BCUT2D eigenvalue weighted by atomic mass is 10.3. The molecule has 4 rings (SSSR count). The van der Waals surface area contributed by atoms with Gasteiger partial charge in [0.2, 0.25) is 0 Å². The van der Waals surface area contributed by atoms with Crippen LogP contribution in [0.5, 0.6) is 0 Å². The molecule has 0 aliphatic rings. The number of benzene rings is 1. The van der Waals surface area contributed by atoms with Gasteiger partial charge in [-0.15, -0.1) is 11.3 Å². The number of hydrogen-bond acceptors (Lipinski definition) is 5. The van der Waals surface area contributed by atoms with Crippen LogP contribution in [0, 0.1) is 0 Å². The Hall–Kier alpha value is -2.70. The van der Waals surface area contributed by atoms with Gasteiger partial charge in [-0.05, 0) is 35.7 Å². The molecule has 1 aromatic carbocycles. The number of rotatable bonds is 7. The van der Waals surface area contributed by atoms with Gasteiger partial charge in [0.15, 0.2) is 0 Å². The average molecular weight is 350 g/mol. The predicted octanol–water partition coefficient (Wildman–Crippen LogP) is 4.12. The Morgan fingerprint density at radius 3 is 2.64 bits per heavy atom. The van der Waals surface area contributed by atoms with Gasteiger partial charge in [0, 0.05) is 18.0 Å². The first-order valence-corrected chi connectivity index (χ1v) is 8.98. The highest BCUT2D eigenvalue weighted by Gasteiger charge is 2.13. The molecule has 0 spiro atoms. The van der Waals surface area contributed by atoms with Crippen LogP contribution in [0.25, 0.3) is 5.69 Å². The van der Waals surface area contributed by atoms with E-state index >= 15 is 0 Å². The van der Waals surface area contributed by atoms with Crippen LogP contribution in [0.15, 0.2) is 76.9 Å². The summed E-state index contributed by atoms with van der Waals surface area (Å²) >= 11 is 1.76. The molecule has 25 heavy (non-hydrogen) atoms. The van der Waals surface area contributed by atoms with Gasteiger partial charge in [-0.1, -0.05) is 24.3 Å². The van der Waals surface area contributed by atoms with Crippen molar-refractivity contribution >= 4 is 11.3 Å². The average Bonchev–Trinajstić information content (AvgIpc) is 3.38. The molecule has 0 radical (unpaired) electrons. The van der Waals surface area contributed by atoms with Crippen molar-refractivity contribution in [2.24, 2.45) is 0 Å². The van der Waals surface area contributed by atoms with Crippen LogP contribution in [0.4, 0.5) is 0 Å². The van der Waals surface area contributed by atoms with E-state index < -0.39 is 0 Å². The van der Waals surface area contributed by atoms with E-state index in [0.717, 1.165) is 30.2 Å². The van der Waals surface area contributed by atoms with Crippen molar-refractivity contribution in [3.63, 3.8) is 0 Å². The Morgan fingerprint density at radius 2 is 1.88 bits per heavy atom. The fourth-order valence-electron chi connectivity index (χ4n) is 2.70. The quantitative estimate of drug-likeness (QED) is 0.503. The Kier molecular flexibility index (Phi) is 4.72. The van der Waals surface area contributed by atoms with Gasteiger partial charge in [-0.25, -0.2) is 0 Å². The van der Waals surface area contributed by atoms with E-state index in [0.29, 0.717) is 6.54 Å². The van der Waals surface area contributed by atoms with Crippen LogP contribution in [0.1, 0.15) is 16.3 Å². The molecule has 3 heterocycles. The van der Waals surface area contributed by atoms with Gasteiger partial charge in [0.05, 0.1) is 30.4 Å². The largest absolute Gasteiger partial charge is 0.468 e. The smallest absolute Gasteiger partial charge is 0.117 e. The van der Waals surface area contributed by atoms with Crippen LogP contribution in [-0.4, -0.2) is 19.9 Å². The molecule has 0 saturated heterocycles. The summed E-state index contributed by atoms with van der Waals surface area (Å²) in [6.45, 7) is 2.31. The number of furan rings is 1. The van der Waals surface area contributed by atoms with Gasteiger partial charge in [0.25, 0.3) is 0 Å². The molecule has 0 fully saturated rings. The molecule has 6 heteroatoms. The summed E-state index contributed by atoms with van der Waals surface area (Å²) in [6.07, 6.45) is 3.54. The fourth-order valence-corrected chi connectivity index (χ4v) is 3.44. The third-order valence-electron chi connectivity index (χ3n) is 3.83. The molecular formula is C19H18N4OS. The van der Waals surface area contributed by atoms with E-state index in [4.69, 9.17) is 4.42 Å². The predicted molar refractivity (Wildman–Crippen MR) is 97.3 cm³/mol. The lowest BCUT2D eigenvalue weighted by Gasteiger charge is -2.19. The summed E-state index contributed by atoms with van der Waals surface area (Å²) in [4.78, 5) is 5.30. The van der Waals surface area contributed by atoms with Crippen molar-refractivity contribution in [3.8, 4) is 5.69 Å². The van der Waals surface area contributed by atoms with Crippen molar-refractivity contribution < 1.29 is 4.42 Å². The number of thiophene rings is 1. The monoisotopic (exact) mass is 350 g/mol. The fraction of sp³-hybridized carbons (Fsp3) is 0.158. The topological polar surface area (TPSA) is 47.1 Å². The van der Waals surface area contributed by atoms with Gasteiger partial charge in [-0.2, -0.15) is 15.0 Å². The first-order valence-electron chi connectivity index (χ1n) is 8.10. The maximum atomic E-state index is 5.52. The minimum absolute atomic E-state index is 0.714. The second-order valence-corrected chi connectivity index (χ2v) is 6.80. The maximum Gasteiger partial charge on any atom is 0.117 e. The summed E-state index contributed by atoms with van der Waals surface area (Å²) in [5.41, 5.74) is 1.90. The molecule has 0 atom stereocenters. The van der Waals surface area contributed by atoms with E-state index in [1.807, 2.05) is 48.7 Å². The first kappa shape index (κ1) is 15.8. The van der Waals surface area contributed by atoms with Crippen LogP contribution < -0.4 is 0 Å². The summed E-state index contributed by atoms with van der Waals surface area (Å²) in [6, 6.07) is 18.1. The molecule has 4 aromatic rings. The lowest BCUT2D eigenvalue weighted by Crippen LogP contribution is -2.22. The zero-order valence-electron chi connectivity index (χ0n) is 13.7. The number of hydrogen-bond donors (Lipinski definition) is 0. The van der Waals surface area contributed by atoms with Crippen molar-refractivity contribution in [2.45, 2.75) is 19.6 Å². The third-order valence-corrected chi connectivity index (χ3v) is 4.69. The van der Waals surface area contributed by atoms with E-state index in [1.165, 1.54) is 4.88 Å². The number of para-hydroxylation sites is 1. The lowest BCUT2D eigenvalue weighted by molar-refractivity contribution is 0.226. The van der Waals surface area contributed by atoms with E-state index in [-0.39, 0.29) is 0 Å². The SMILES string of the molecule is c1ccc(-n2ncc(CN(Cc3ccco3)Cc3cccs3)n2)cc1. The Labute approximate surface area is 150 Å². The minimum atomic E-state index is 0.714. The Balaban J connectivity index is 1.50. The molecule has 0 amide bonds. The molecule has 126 valence electrons. The molecule has 0 N–H and O–H groups in total. The van der Waals surface area contributed by atoms with Crippen molar-refractivity contribution in [3.05, 3.63) is 88.8 Å². The first-order chi connectivity index (χ1) is 12.4. The van der Waals surface area contributed by atoms with E-state index in [1.54, 1.807) is 22.4 Å². The summed E-state index contributed by atoms with van der Waals surface area (Å²) in [5, 5.41) is 11.1. The summed E-state index contributed by atoms with van der Waals surface area (Å²) < 4.78 is 5.52. The van der Waals surface area contributed by atoms with Crippen molar-refractivity contribution in [2.75, 3.05) is 0 Å². The Bertz CT molecular complexity index is 849. The normalized spacial score (nSPS) is 11.2. The highest BCUT2D eigenvalue weighted by Crippen LogP contribution is 2.17. The third kappa shape index (κ3) is 4.04. The van der Waals surface area contributed by atoms with E-state index in [2.05, 4.69) is 32.6 Å². The van der Waals surface area contributed by atoms with Crippen LogP contribution in [-0.2, 0) is 19.6 Å². The second kappa shape index (κ2) is 7.46. The second-order valence-electron chi connectivity index (χ2n) is 5.76.